The predicted octanol–water partition coefficient (Wildman–Crippen LogP) is 3.15. The molecule has 1 heterocycles. The minimum absolute atomic E-state index is 0.329. The van der Waals surface area contributed by atoms with Crippen LogP contribution in [0.5, 0.6) is 0 Å². The molecule has 3 rings (SSSR count). The Kier molecular flexibility index (Phi) is 4.75. The van der Waals surface area contributed by atoms with E-state index in [0.717, 1.165) is 13.1 Å². The normalized spacial score (nSPS) is 20.0. The van der Waals surface area contributed by atoms with Crippen molar-refractivity contribution in [1.29, 1.82) is 0 Å². The van der Waals surface area contributed by atoms with Gasteiger partial charge < -0.3 is 5.73 Å². The molecule has 1 saturated heterocycles. The van der Waals surface area contributed by atoms with E-state index in [-0.39, 0.29) is 5.54 Å². The first-order chi connectivity index (χ1) is 11.0. The molecule has 4 N–H and O–H groups in total. The summed E-state index contributed by atoms with van der Waals surface area (Å²) in [5, 5.41) is 0. The highest BCUT2D eigenvalue weighted by atomic mass is 32.3. The van der Waals surface area contributed by atoms with Crippen molar-refractivity contribution in [1.82, 2.24) is 4.90 Å². The maximum atomic E-state index is 9.92. The van der Waals surface area contributed by atoms with Crippen LogP contribution in [0.15, 0.2) is 60.7 Å². The van der Waals surface area contributed by atoms with Gasteiger partial charge in [-0.1, -0.05) is 60.7 Å². The number of hydrogen-bond acceptors (Lipinski definition) is 4. The second kappa shape index (κ2) is 6.63. The van der Waals surface area contributed by atoms with E-state index in [4.69, 9.17) is 5.73 Å². The van der Waals surface area contributed by atoms with Crippen LogP contribution in [0.25, 0.3) is 0 Å². The maximum absolute atomic E-state index is 9.92. The van der Waals surface area contributed by atoms with Gasteiger partial charge in [0.15, 0.2) is 0 Å². The van der Waals surface area contributed by atoms with Crippen molar-refractivity contribution in [3.63, 3.8) is 0 Å². The minimum Gasteiger partial charge on any atom is -0.329 e. The molecule has 0 atom stereocenters. The zero-order valence-corrected chi connectivity index (χ0v) is 14.0. The van der Waals surface area contributed by atoms with Crippen molar-refractivity contribution in [3.8, 4) is 0 Å². The average Bonchev–Trinajstić information content (AvgIpc) is 2.53. The van der Waals surface area contributed by atoms with Crippen LogP contribution in [0.1, 0.15) is 11.1 Å². The van der Waals surface area contributed by atoms with E-state index in [1.807, 2.05) is 36.4 Å². The molecule has 0 spiro atoms. The van der Waals surface area contributed by atoms with Crippen LogP contribution in [0.3, 0.4) is 0 Å². The molecule has 0 aliphatic carbocycles. The van der Waals surface area contributed by atoms with Crippen molar-refractivity contribution in [3.05, 3.63) is 71.8 Å². The Bertz CT molecular complexity index is 584. The van der Waals surface area contributed by atoms with E-state index in [0.29, 0.717) is 18.1 Å². The summed E-state index contributed by atoms with van der Waals surface area (Å²) in [5.41, 5.74) is 8.13. The molecule has 23 heavy (non-hydrogen) atoms. The first kappa shape index (κ1) is 16.5. The number of rotatable bonds is 6. The first-order valence-corrected chi connectivity index (χ1v) is 9.68. The van der Waals surface area contributed by atoms with Gasteiger partial charge in [0.1, 0.15) is 0 Å². The summed E-state index contributed by atoms with van der Waals surface area (Å²) < 4.78 is 19.8. The molecule has 5 heteroatoms. The van der Waals surface area contributed by atoms with Crippen molar-refractivity contribution in [2.45, 2.75) is 18.6 Å². The SMILES string of the molecule is NCC1(N(Cc2ccccc2)Cc2ccccc2)CS(O)(O)C1. The molecule has 4 nitrogen and oxygen atoms in total. The van der Waals surface area contributed by atoms with Gasteiger partial charge in [0, 0.05) is 19.6 Å². The van der Waals surface area contributed by atoms with Crippen molar-refractivity contribution < 1.29 is 9.11 Å². The highest BCUT2D eigenvalue weighted by Crippen LogP contribution is 2.56. The van der Waals surface area contributed by atoms with E-state index in [9.17, 15) is 9.11 Å². The molecule has 0 unspecified atom stereocenters. The second-order valence-corrected chi connectivity index (χ2v) is 8.53. The lowest BCUT2D eigenvalue weighted by Gasteiger charge is -2.60. The molecule has 1 aliphatic rings. The monoisotopic (exact) mass is 332 g/mol. The lowest BCUT2D eigenvalue weighted by atomic mass is 9.98. The van der Waals surface area contributed by atoms with E-state index in [2.05, 4.69) is 29.2 Å². The van der Waals surface area contributed by atoms with Crippen molar-refractivity contribution in [2.75, 3.05) is 18.1 Å². The molecule has 0 radical (unpaired) electrons. The molecule has 0 saturated carbocycles. The fourth-order valence-corrected chi connectivity index (χ4v) is 5.48. The Morgan fingerprint density at radius 2 is 1.30 bits per heavy atom. The highest BCUT2D eigenvalue weighted by Gasteiger charge is 2.51. The third-order valence-corrected chi connectivity index (χ3v) is 6.48. The molecular weight excluding hydrogens is 308 g/mol. The summed E-state index contributed by atoms with van der Waals surface area (Å²) in [6.45, 7) is 1.94. The molecule has 124 valence electrons. The Morgan fingerprint density at radius 1 is 0.870 bits per heavy atom. The Hall–Kier alpha value is -1.37. The largest absolute Gasteiger partial charge is 0.329 e. The smallest absolute Gasteiger partial charge is 0.0685 e. The Morgan fingerprint density at radius 3 is 1.65 bits per heavy atom. The topological polar surface area (TPSA) is 69.7 Å². The number of nitrogens with two attached hydrogens (primary N) is 1. The standard InChI is InChI=1S/C18H24N2O2S/c19-13-18(14-23(21,22)15-18)20(11-16-7-3-1-4-8-16)12-17-9-5-2-6-10-17/h1-10,21-22H,11-15,19H2. The van der Waals surface area contributed by atoms with Gasteiger partial charge in [0.25, 0.3) is 0 Å². The maximum Gasteiger partial charge on any atom is 0.0685 e. The molecule has 0 aromatic heterocycles. The molecular formula is C18H24N2O2S. The van der Waals surface area contributed by atoms with Crippen LogP contribution in [0, 0.1) is 0 Å². The zero-order chi connectivity index (χ0) is 16.3. The van der Waals surface area contributed by atoms with Crippen LogP contribution in [-0.4, -0.2) is 37.6 Å². The lowest BCUT2D eigenvalue weighted by molar-refractivity contribution is 0.0942. The summed E-state index contributed by atoms with van der Waals surface area (Å²) in [6.07, 6.45) is 0. The molecule has 2 aromatic rings. The average molecular weight is 332 g/mol. The summed E-state index contributed by atoms with van der Waals surface area (Å²) in [4.78, 5) is 2.30. The van der Waals surface area contributed by atoms with Gasteiger partial charge in [-0.2, -0.15) is 10.6 Å². The van der Waals surface area contributed by atoms with Gasteiger partial charge in [-0.15, -0.1) is 0 Å². The first-order valence-electron chi connectivity index (χ1n) is 7.80. The zero-order valence-electron chi connectivity index (χ0n) is 13.1. The third kappa shape index (κ3) is 3.76. The summed E-state index contributed by atoms with van der Waals surface area (Å²) in [6, 6.07) is 20.5. The Labute approximate surface area is 139 Å². The van der Waals surface area contributed by atoms with Crippen LogP contribution < -0.4 is 5.73 Å². The van der Waals surface area contributed by atoms with Gasteiger partial charge in [0.05, 0.1) is 17.0 Å². The van der Waals surface area contributed by atoms with Gasteiger partial charge in [0.2, 0.25) is 0 Å². The molecule has 1 fully saturated rings. The van der Waals surface area contributed by atoms with Gasteiger partial charge in [-0.05, 0) is 11.1 Å². The molecule has 0 bridgehead atoms. The fraction of sp³-hybridized carbons (Fsp3) is 0.333. The number of benzene rings is 2. The van der Waals surface area contributed by atoms with E-state index in [1.54, 1.807) is 0 Å². The lowest BCUT2D eigenvalue weighted by Crippen LogP contribution is -2.66. The van der Waals surface area contributed by atoms with Crippen LogP contribution in [0.2, 0.25) is 0 Å². The highest BCUT2D eigenvalue weighted by molar-refractivity contribution is 8.25. The van der Waals surface area contributed by atoms with E-state index >= 15 is 0 Å². The minimum atomic E-state index is -2.45. The third-order valence-electron chi connectivity index (χ3n) is 4.48. The predicted molar refractivity (Wildman–Crippen MR) is 96.5 cm³/mol. The second-order valence-electron chi connectivity index (χ2n) is 6.35. The van der Waals surface area contributed by atoms with E-state index < -0.39 is 10.6 Å². The van der Waals surface area contributed by atoms with Crippen molar-refractivity contribution in [2.24, 2.45) is 5.73 Å². The summed E-state index contributed by atoms with van der Waals surface area (Å²) in [7, 11) is -2.45. The number of nitrogens with zero attached hydrogens (tertiary/aromatic N) is 1. The van der Waals surface area contributed by atoms with E-state index in [1.165, 1.54) is 11.1 Å². The van der Waals surface area contributed by atoms with Crippen LogP contribution in [-0.2, 0) is 13.1 Å². The van der Waals surface area contributed by atoms with Gasteiger partial charge in [-0.3, -0.25) is 14.0 Å². The molecule has 2 aromatic carbocycles. The number of hydrogen-bond donors (Lipinski definition) is 3. The van der Waals surface area contributed by atoms with Crippen LogP contribution in [0.4, 0.5) is 0 Å². The van der Waals surface area contributed by atoms with Crippen LogP contribution >= 0.6 is 10.6 Å². The van der Waals surface area contributed by atoms with Gasteiger partial charge >= 0.3 is 0 Å². The van der Waals surface area contributed by atoms with Gasteiger partial charge in [-0.25, -0.2) is 0 Å². The summed E-state index contributed by atoms with van der Waals surface area (Å²) in [5.74, 6) is 0.742. The summed E-state index contributed by atoms with van der Waals surface area (Å²) >= 11 is 0. The molecule has 1 aliphatic heterocycles. The Balaban J connectivity index is 1.84. The molecule has 0 amide bonds. The fourth-order valence-electron chi connectivity index (χ4n) is 3.25. The van der Waals surface area contributed by atoms with Crippen molar-refractivity contribution >= 4 is 10.6 Å². The quantitative estimate of drug-likeness (QED) is 0.760.